The third-order valence-corrected chi connectivity index (χ3v) is 8.23. The van der Waals surface area contributed by atoms with E-state index < -0.39 is 17.8 Å². The number of pyridine rings is 2. The molecule has 0 aliphatic heterocycles. The third kappa shape index (κ3) is 5.57. The standard InChI is InChI=1S/C32H30ClF3N8O/c1-30(2,3)17-40-27-18(14-37)15-39-28-21(27)12-19(13-22(28)33)41-29(20-6-5-7-23-26(20)25(45-4)8-11-38-23)24-16-44(43-42-24)31(9-10-31)32(34,35)36/h5-8,11-13,15-16,29,41H,9-10,17H2,1-4H3,(H,39,40). The monoisotopic (exact) mass is 634 g/mol. The summed E-state index contributed by atoms with van der Waals surface area (Å²) in [4.78, 5) is 8.92. The van der Waals surface area contributed by atoms with Crippen LogP contribution in [0.15, 0.2) is 55.0 Å². The molecular formula is C32H30ClF3N8O. The molecule has 232 valence electrons. The molecular weight excluding hydrogens is 605 g/mol. The van der Waals surface area contributed by atoms with Gasteiger partial charge >= 0.3 is 6.18 Å². The van der Waals surface area contributed by atoms with Crippen molar-refractivity contribution in [2.75, 3.05) is 24.3 Å². The molecule has 5 aromatic rings. The van der Waals surface area contributed by atoms with E-state index >= 15 is 0 Å². The van der Waals surface area contributed by atoms with Crippen molar-refractivity contribution in [3.05, 3.63) is 76.8 Å². The van der Waals surface area contributed by atoms with Gasteiger partial charge in [-0.1, -0.05) is 49.7 Å². The summed E-state index contributed by atoms with van der Waals surface area (Å²) in [5.74, 6) is 0.539. The van der Waals surface area contributed by atoms with Crippen molar-refractivity contribution in [2.45, 2.75) is 51.4 Å². The number of nitrogens with one attached hydrogen (secondary N) is 2. The molecule has 9 nitrogen and oxygen atoms in total. The fraction of sp³-hybridized carbons (Fsp3) is 0.344. The molecule has 1 fully saturated rings. The first-order chi connectivity index (χ1) is 21.3. The van der Waals surface area contributed by atoms with E-state index in [0.717, 1.165) is 4.68 Å². The summed E-state index contributed by atoms with van der Waals surface area (Å²) in [5.41, 5.74) is 1.36. The Morgan fingerprint density at radius 1 is 1.16 bits per heavy atom. The van der Waals surface area contributed by atoms with E-state index in [9.17, 15) is 18.4 Å². The molecule has 1 aliphatic rings. The van der Waals surface area contributed by atoms with Crippen LogP contribution in [0.25, 0.3) is 21.8 Å². The first kappa shape index (κ1) is 30.4. The van der Waals surface area contributed by atoms with Gasteiger partial charge in [0.15, 0.2) is 5.54 Å². The zero-order valence-corrected chi connectivity index (χ0v) is 25.8. The average molecular weight is 635 g/mol. The molecule has 6 rings (SSSR count). The molecule has 0 spiro atoms. The van der Waals surface area contributed by atoms with Crippen LogP contribution in [0.3, 0.4) is 0 Å². The minimum absolute atomic E-state index is 0.0672. The van der Waals surface area contributed by atoms with Crippen LogP contribution < -0.4 is 15.4 Å². The second-order valence-corrected chi connectivity index (χ2v) is 12.8. The Kier molecular flexibility index (Phi) is 7.48. The lowest BCUT2D eigenvalue weighted by molar-refractivity contribution is -0.182. The topological polar surface area (TPSA) is 114 Å². The van der Waals surface area contributed by atoms with Crippen LogP contribution in [0.2, 0.25) is 5.02 Å². The quantitative estimate of drug-likeness (QED) is 0.179. The lowest BCUT2D eigenvalue weighted by atomic mass is 9.96. The molecule has 1 aliphatic carbocycles. The Morgan fingerprint density at radius 2 is 1.93 bits per heavy atom. The maximum atomic E-state index is 14.0. The number of aromatic nitrogens is 5. The van der Waals surface area contributed by atoms with Gasteiger partial charge in [-0.3, -0.25) is 9.97 Å². The minimum atomic E-state index is -4.47. The summed E-state index contributed by atoms with van der Waals surface area (Å²) in [6.45, 7) is 6.80. The molecule has 1 saturated carbocycles. The molecule has 3 heterocycles. The van der Waals surface area contributed by atoms with E-state index in [-0.39, 0.29) is 24.0 Å². The molecule has 1 atom stereocenters. The highest BCUT2D eigenvalue weighted by molar-refractivity contribution is 6.35. The van der Waals surface area contributed by atoms with Gasteiger partial charge in [0, 0.05) is 35.4 Å². The minimum Gasteiger partial charge on any atom is -0.496 e. The van der Waals surface area contributed by atoms with Crippen LogP contribution in [-0.4, -0.2) is 44.8 Å². The van der Waals surface area contributed by atoms with Gasteiger partial charge in [-0.25, -0.2) is 4.68 Å². The van der Waals surface area contributed by atoms with Crippen LogP contribution in [0.1, 0.15) is 56.5 Å². The fourth-order valence-electron chi connectivity index (χ4n) is 5.44. The Balaban J connectivity index is 1.52. The van der Waals surface area contributed by atoms with Crippen molar-refractivity contribution in [1.29, 1.82) is 5.26 Å². The van der Waals surface area contributed by atoms with Gasteiger partial charge < -0.3 is 15.4 Å². The number of fused-ring (bicyclic) bond motifs is 2. The second-order valence-electron chi connectivity index (χ2n) is 12.4. The van der Waals surface area contributed by atoms with Crippen LogP contribution >= 0.6 is 11.6 Å². The lowest BCUT2D eigenvalue weighted by Gasteiger charge is -2.23. The molecule has 0 amide bonds. The number of nitrogens with zero attached hydrogens (tertiary/aromatic N) is 6. The summed E-state index contributed by atoms with van der Waals surface area (Å²) >= 11 is 6.76. The number of rotatable bonds is 8. The third-order valence-electron chi connectivity index (χ3n) is 7.94. The van der Waals surface area contributed by atoms with Crippen molar-refractivity contribution in [2.24, 2.45) is 5.41 Å². The number of benzene rings is 2. The highest BCUT2D eigenvalue weighted by Gasteiger charge is 2.66. The first-order valence-corrected chi connectivity index (χ1v) is 14.7. The zero-order valence-electron chi connectivity index (χ0n) is 25.0. The van der Waals surface area contributed by atoms with Gasteiger partial charge in [0.2, 0.25) is 0 Å². The number of anilines is 2. The molecule has 0 bridgehead atoms. The SMILES string of the molecule is COc1ccnc2cccc(C(Nc3cc(Cl)c4ncc(C#N)c(NCC(C)(C)C)c4c3)c3cn(C4(C(F)(F)F)CC4)nn3)c12. The van der Waals surface area contributed by atoms with Crippen molar-refractivity contribution >= 4 is 44.8 Å². The van der Waals surface area contributed by atoms with E-state index in [1.54, 1.807) is 25.4 Å². The van der Waals surface area contributed by atoms with Gasteiger partial charge in [0.25, 0.3) is 0 Å². The molecule has 1 unspecified atom stereocenters. The molecule has 0 radical (unpaired) electrons. The average Bonchev–Trinajstić information content (AvgIpc) is 3.68. The van der Waals surface area contributed by atoms with Crippen LogP contribution in [0.4, 0.5) is 24.5 Å². The maximum Gasteiger partial charge on any atom is 0.413 e. The van der Waals surface area contributed by atoms with E-state index in [0.29, 0.717) is 61.6 Å². The summed E-state index contributed by atoms with van der Waals surface area (Å²) in [7, 11) is 1.54. The van der Waals surface area contributed by atoms with Crippen molar-refractivity contribution in [3.63, 3.8) is 0 Å². The highest BCUT2D eigenvalue weighted by atomic mass is 35.5. The highest BCUT2D eigenvalue weighted by Crippen LogP contribution is 2.55. The van der Waals surface area contributed by atoms with Crippen LogP contribution in [-0.2, 0) is 5.54 Å². The van der Waals surface area contributed by atoms with Gasteiger partial charge in [-0.15, -0.1) is 5.10 Å². The van der Waals surface area contributed by atoms with E-state index in [4.69, 9.17) is 16.3 Å². The van der Waals surface area contributed by atoms with E-state index in [1.165, 1.54) is 12.4 Å². The van der Waals surface area contributed by atoms with Crippen molar-refractivity contribution < 1.29 is 17.9 Å². The van der Waals surface area contributed by atoms with Gasteiger partial charge in [0.05, 0.1) is 46.7 Å². The van der Waals surface area contributed by atoms with E-state index in [2.05, 4.69) is 57.8 Å². The zero-order chi connectivity index (χ0) is 32.1. The number of halogens is 4. The summed E-state index contributed by atoms with van der Waals surface area (Å²) in [6, 6.07) is 12.1. The molecule has 2 N–H and O–H groups in total. The maximum absolute atomic E-state index is 14.0. The number of methoxy groups -OCH3 is 1. The van der Waals surface area contributed by atoms with Gasteiger partial charge in [-0.2, -0.15) is 18.4 Å². The lowest BCUT2D eigenvalue weighted by Crippen LogP contribution is -2.35. The molecule has 13 heteroatoms. The van der Waals surface area contributed by atoms with E-state index in [1.807, 2.05) is 24.3 Å². The first-order valence-electron chi connectivity index (χ1n) is 14.3. The predicted molar refractivity (Wildman–Crippen MR) is 166 cm³/mol. The predicted octanol–water partition coefficient (Wildman–Crippen LogP) is 7.62. The molecule has 3 aromatic heterocycles. The molecule has 2 aromatic carbocycles. The summed E-state index contributed by atoms with van der Waals surface area (Å²) < 4.78 is 48.6. The second kappa shape index (κ2) is 11.1. The van der Waals surface area contributed by atoms with Gasteiger partial charge in [-0.05, 0) is 48.1 Å². The van der Waals surface area contributed by atoms with Crippen molar-refractivity contribution in [3.8, 4) is 11.8 Å². The Labute approximate surface area is 262 Å². The normalized spacial score (nSPS) is 15.1. The number of alkyl halides is 3. The smallest absolute Gasteiger partial charge is 0.413 e. The largest absolute Gasteiger partial charge is 0.496 e. The Hall–Kier alpha value is -4.63. The Morgan fingerprint density at radius 3 is 2.60 bits per heavy atom. The molecule has 0 saturated heterocycles. The Bertz CT molecular complexity index is 1950. The summed E-state index contributed by atoms with van der Waals surface area (Å²) in [6.07, 6.45) is -0.157. The van der Waals surface area contributed by atoms with Crippen LogP contribution in [0.5, 0.6) is 5.75 Å². The number of hydrogen-bond acceptors (Lipinski definition) is 8. The summed E-state index contributed by atoms with van der Waals surface area (Å²) in [5, 5.41) is 26.5. The number of nitriles is 1. The van der Waals surface area contributed by atoms with Crippen molar-refractivity contribution in [1.82, 2.24) is 25.0 Å². The fourth-order valence-corrected chi connectivity index (χ4v) is 5.71. The number of hydrogen-bond donors (Lipinski definition) is 2. The number of ether oxygens (including phenoxy) is 1. The van der Waals surface area contributed by atoms with Gasteiger partial charge in [0.1, 0.15) is 17.5 Å². The van der Waals surface area contributed by atoms with Crippen LogP contribution in [0, 0.1) is 16.7 Å². The molecule has 45 heavy (non-hydrogen) atoms.